The second kappa shape index (κ2) is 5.23. The average molecular weight is 284 g/mol. The van der Waals surface area contributed by atoms with Gasteiger partial charge in [0.1, 0.15) is 9.92 Å². The van der Waals surface area contributed by atoms with Crippen molar-refractivity contribution in [3.05, 3.63) is 22.2 Å². The first-order valence-electron chi connectivity index (χ1n) is 4.45. The molecule has 0 amide bonds. The van der Waals surface area contributed by atoms with Crippen LogP contribution in [0, 0.1) is 0 Å². The Morgan fingerprint density at radius 1 is 1.38 bits per heavy atom. The fourth-order valence-electron chi connectivity index (χ4n) is 1.18. The highest BCUT2D eigenvalue weighted by Crippen LogP contribution is 2.37. The number of hydrogen-bond donors (Lipinski definition) is 1. The topological polar surface area (TPSA) is 55.4 Å². The molecule has 1 rings (SSSR count). The zero-order valence-corrected chi connectivity index (χ0v) is 11.1. The predicted molar refractivity (Wildman–Crippen MR) is 63.9 cm³/mol. The second-order valence-corrected chi connectivity index (χ2v) is 5.41. The van der Waals surface area contributed by atoms with Crippen molar-refractivity contribution in [3.8, 4) is 5.75 Å². The number of rotatable bonds is 4. The molecule has 0 saturated carbocycles. The number of nitrogens with one attached hydrogen (secondary N) is 1. The minimum Gasteiger partial charge on any atom is -0.494 e. The molecule has 0 spiro atoms. The summed E-state index contributed by atoms with van der Waals surface area (Å²) in [6.45, 7) is 1.97. The van der Waals surface area contributed by atoms with Gasteiger partial charge in [-0.05, 0) is 12.1 Å². The number of sulfonamides is 1. The Hall–Kier alpha value is -0.490. The smallest absolute Gasteiger partial charge is 0.244 e. The lowest BCUT2D eigenvalue weighted by Gasteiger charge is -2.11. The maximum atomic E-state index is 11.8. The van der Waals surface area contributed by atoms with Gasteiger partial charge in [-0.15, -0.1) is 0 Å². The third-order valence-electron chi connectivity index (χ3n) is 1.84. The number of benzene rings is 1. The molecule has 0 aromatic heterocycles. The lowest BCUT2D eigenvalue weighted by atomic mass is 10.3. The number of hydrogen-bond acceptors (Lipinski definition) is 3. The van der Waals surface area contributed by atoms with Crippen LogP contribution in [-0.4, -0.2) is 22.1 Å². The van der Waals surface area contributed by atoms with Crippen molar-refractivity contribution >= 4 is 33.2 Å². The molecule has 0 unspecified atom stereocenters. The molecule has 0 heterocycles. The highest BCUT2D eigenvalue weighted by Gasteiger charge is 2.22. The van der Waals surface area contributed by atoms with E-state index in [0.717, 1.165) is 0 Å². The largest absolute Gasteiger partial charge is 0.494 e. The van der Waals surface area contributed by atoms with Gasteiger partial charge in [-0.1, -0.05) is 30.1 Å². The van der Waals surface area contributed by atoms with Gasteiger partial charge in [0.25, 0.3) is 0 Å². The van der Waals surface area contributed by atoms with Gasteiger partial charge in [0.05, 0.1) is 12.1 Å². The van der Waals surface area contributed by atoms with Gasteiger partial charge in [-0.25, -0.2) is 13.1 Å². The monoisotopic (exact) mass is 283 g/mol. The zero-order valence-electron chi connectivity index (χ0n) is 8.75. The Morgan fingerprint density at radius 2 is 2.00 bits per heavy atom. The summed E-state index contributed by atoms with van der Waals surface area (Å²) in [6.07, 6.45) is 0. The Balaban J connectivity index is 3.41. The van der Waals surface area contributed by atoms with Gasteiger partial charge in [0.15, 0.2) is 5.75 Å². The zero-order chi connectivity index (χ0) is 12.3. The normalized spacial score (nSPS) is 11.5. The first-order valence-corrected chi connectivity index (χ1v) is 6.69. The fourth-order valence-corrected chi connectivity index (χ4v) is 2.84. The van der Waals surface area contributed by atoms with Crippen LogP contribution >= 0.6 is 23.2 Å². The molecule has 0 saturated heterocycles. The molecule has 1 N–H and O–H groups in total. The van der Waals surface area contributed by atoms with Crippen LogP contribution in [0.3, 0.4) is 0 Å². The van der Waals surface area contributed by atoms with Gasteiger partial charge in [-0.2, -0.15) is 0 Å². The maximum Gasteiger partial charge on any atom is 0.244 e. The van der Waals surface area contributed by atoms with E-state index in [4.69, 9.17) is 27.9 Å². The molecule has 0 radical (unpaired) electrons. The van der Waals surface area contributed by atoms with Crippen LogP contribution in [0.2, 0.25) is 10.0 Å². The molecule has 7 heteroatoms. The molecule has 90 valence electrons. The van der Waals surface area contributed by atoms with Crippen molar-refractivity contribution in [1.82, 2.24) is 4.72 Å². The SMILES string of the molecule is CCNS(=O)(=O)c1ccc(Cl)c(Cl)c1OC. The lowest BCUT2D eigenvalue weighted by Crippen LogP contribution is -2.23. The summed E-state index contributed by atoms with van der Waals surface area (Å²) in [7, 11) is -2.27. The predicted octanol–water partition coefficient (Wildman–Crippen LogP) is 2.30. The molecular formula is C9H11Cl2NO3S. The van der Waals surface area contributed by atoms with Crippen molar-refractivity contribution < 1.29 is 13.2 Å². The van der Waals surface area contributed by atoms with Crippen LogP contribution in [-0.2, 0) is 10.0 Å². The molecule has 0 aliphatic rings. The van der Waals surface area contributed by atoms with E-state index in [1.165, 1.54) is 19.2 Å². The summed E-state index contributed by atoms with van der Waals surface area (Å²) in [5, 5.41) is 0.331. The van der Waals surface area contributed by atoms with Crippen molar-refractivity contribution in [2.24, 2.45) is 0 Å². The molecule has 0 aliphatic heterocycles. The highest BCUT2D eigenvalue weighted by atomic mass is 35.5. The van der Waals surface area contributed by atoms with E-state index in [2.05, 4.69) is 4.72 Å². The summed E-state index contributed by atoms with van der Waals surface area (Å²) in [6, 6.07) is 2.77. The van der Waals surface area contributed by atoms with Crippen LogP contribution in [0.1, 0.15) is 6.92 Å². The molecule has 0 aliphatic carbocycles. The molecule has 0 bridgehead atoms. The number of methoxy groups -OCH3 is 1. The van der Waals surface area contributed by atoms with E-state index >= 15 is 0 Å². The first kappa shape index (κ1) is 13.6. The van der Waals surface area contributed by atoms with E-state index < -0.39 is 10.0 Å². The van der Waals surface area contributed by atoms with Crippen LogP contribution < -0.4 is 9.46 Å². The first-order chi connectivity index (χ1) is 7.44. The van der Waals surface area contributed by atoms with E-state index in [0.29, 0.717) is 0 Å². The second-order valence-electron chi connectivity index (χ2n) is 2.89. The van der Waals surface area contributed by atoms with Crippen LogP contribution in [0.4, 0.5) is 0 Å². The molecule has 4 nitrogen and oxygen atoms in total. The third-order valence-corrected chi connectivity index (χ3v) is 4.20. The van der Waals surface area contributed by atoms with Crippen LogP contribution in [0.15, 0.2) is 17.0 Å². The highest BCUT2D eigenvalue weighted by molar-refractivity contribution is 7.89. The minimum atomic E-state index is -3.61. The third kappa shape index (κ3) is 2.60. The molecule has 1 aromatic rings. The van der Waals surface area contributed by atoms with Crippen molar-refractivity contribution in [3.63, 3.8) is 0 Å². The van der Waals surface area contributed by atoms with E-state index in [1.54, 1.807) is 6.92 Å². The molecule has 0 atom stereocenters. The molecule has 0 fully saturated rings. The summed E-state index contributed by atoms with van der Waals surface area (Å²) in [4.78, 5) is -0.0220. The van der Waals surface area contributed by atoms with E-state index in [9.17, 15) is 8.42 Å². The van der Waals surface area contributed by atoms with Gasteiger partial charge >= 0.3 is 0 Å². The van der Waals surface area contributed by atoms with Crippen molar-refractivity contribution in [2.45, 2.75) is 11.8 Å². The summed E-state index contributed by atoms with van der Waals surface area (Å²) < 4.78 is 30.9. The maximum absolute atomic E-state index is 11.8. The standard InChI is InChI=1S/C9H11Cl2NO3S/c1-3-12-16(13,14)7-5-4-6(10)8(11)9(7)15-2/h4-5,12H,3H2,1-2H3. The van der Waals surface area contributed by atoms with E-state index in [-0.39, 0.29) is 27.2 Å². The molecule has 16 heavy (non-hydrogen) atoms. The van der Waals surface area contributed by atoms with E-state index in [1.807, 2.05) is 0 Å². The average Bonchev–Trinajstić information content (AvgIpc) is 2.21. The van der Waals surface area contributed by atoms with Gasteiger partial charge in [0.2, 0.25) is 10.0 Å². The Morgan fingerprint density at radius 3 is 2.50 bits per heavy atom. The quantitative estimate of drug-likeness (QED) is 0.923. The van der Waals surface area contributed by atoms with Crippen molar-refractivity contribution in [1.29, 1.82) is 0 Å². The summed E-state index contributed by atoms with van der Waals surface area (Å²) in [5.74, 6) is 0.0510. The number of ether oxygens (including phenoxy) is 1. The Kier molecular flexibility index (Phi) is 4.43. The van der Waals surface area contributed by atoms with Gasteiger partial charge in [-0.3, -0.25) is 0 Å². The lowest BCUT2D eigenvalue weighted by molar-refractivity contribution is 0.402. The Bertz CT molecular complexity index is 488. The van der Waals surface area contributed by atoms with Gasteiger partial charge < -0.3 is 4.74 Å². The summed E-state index contributed by atoms with van der Waals surface area (Å²) in [5.41, 5.74) is 0. The molecular weight excluding hydrogens is 273 g/mol. The Labute approximate surface area is 105 Å². The van der Waals surface area contributed by atoms with Crippen LogP contribution in [0.5, 0.6) is 5.75 Å². The minimum absolute atomic E-state index is 0.0220. The molecule has 1 aromatic carbocycles. The van der Waals surface area contributed by atoms with Crippen LogP contribution in [0.25, 0.3) is 0 Å². The van der Waals surface area contributed by atoms with Crippen molar-refractivity contribution in [2.75, 3.05) is 13.7 Å². The van der Waals surface area contributed by atoms with Gasteiger partial charge in [0, 0.05) is 6.54 Å². The summed E-state index contributed by atoms with van der Waals surface area (Å²) >= 11 is 11.6. The fraction of sp³-hybridized carbons (Fsp3) is 0.333. The number of halogens is 2.